The summed E-state index contributed by atoms with van der Waals surface area (Å²) in [5, 5.41) is 0.390. The largest absolute Gasteiger partial charge is 0.377 e. The summed E-state index contributed by atoms with van der Waals surface area (Å²) < 4.78 is 19.2. The first kappa shape index (κ1) is 25.2. The Balaban J connectivity index is 1.44. The number of halogens is 2. The van der Waals surface area contributed by atoms with E-state index in [2.05, 4.69) is 33.5 Å². The van der Waals surface area contributed by atoms with E-state index in [9.17, 15) is 9.18 Å². The number of morpholine rings is 1. The van der Waals surface area contributed by atoms with E-state index in [-0.39, 0.29) is 23.5 Å². The number of hydrogen-bond acceptors (Lipinski definition) is 8. The van der Waals surface area contributed by atoms with E-state index < -0.39 is 5.91 Å². The molecule has 2 atom stereocenters. The topological polar surface area (TPSA) is 101 Å². The van der Waals surface area contributed by atoms with Crippen molar-refractivity contribution in [2.45, 2.75) is 25.9 Å². The lowest BCUT2D eigenvalue weighted by Gasteiger charge is -2.42. The summed E-state index contributed by atoms with van der Waals surface area (Å²) >= 11 is 6.44. The summed E-state index contributed by atoms with van der Waals surface area (Å²) in [7, 11) is 0. The molecule has 1 aromatic carbocycles. The number of pyridine rings is 1. The first-order valence-corrected chi connectivity index (χ1v) is 12.6. The summed E-state index contributed by atoms with van der Waals surface area (Å²) in [4.78, 5) is 32.2. The third kappa shape index (κ3) is 5.30. The van der Waals surface area contributed by atoms with Gasteiger partial charge in [0.25, 0.3) is 0 Å². The van der Waals surface area contributed by atoms with Crippen LogP contribution in [0, 0.1) is 5.82 Å². The lowest BCUT2D eigenvalue weighted by Crippen LogP contribution is -2.53. The van der Waals surface area contributed by atoms with Crippen LogP contribution in [0.2, 0.25) is 5.02 Å². The SMILES string of the molecule is CC1CN(c2ncc(C(N)=O)cc2Cl)CCN1c1cc(-c2ccc(F)cc2)nc(N2CCOCC2C)n1. The average molecular weight is 526 g/mol. The molecule has 2 aliphatic heterocycles. The third-order valence-corrected chi connectivity index (χ3v) is 7.07. The molecule has 5 rings (SSSR count). The van der Waals surface area contributed by atoms with Crippen LogP contribution in [0.1, 0.15) is 24.2 Å². The minimum absolute atomic E-state index is 0.0772. The van der Waals surface area contributed by atoms with E-state index in [4.69, 9.17) is 32.0 Å². The number of benzene rings is 1. The highest BCUT2D eigenvalue weighted by atomic mass is 35.5. The highest BCUT2D eigenvalue weighted by molar-refractivity contribution is 6.33. The van der Waals surface area contributed by atoms with Crippen molar-refractivity contribution in [1.82, 2.24) is 15.0 Å². The van der Waals surface area contributed by atoms with Crippen molar-refractivity contribution in [3.05, 3.63) is 59.0 Å². The highest BCUT2D eigenvalue weighted by Crippen LogP contribution is 2.31. The van der Waals surface area contributed by atoms with Crippen molar-refractivity contribution in [2.24, 2.45) is 5.73 Å². The number of primary amides is 1. The Bertz CT molecular complexity index is 1290. The Morgan fingerprint density at radius 1 is 1.08 bits per heavy atom. The number of hydrogen-bond donors (Lipinski definition) is 1. The molecule has 0 radical (unpaired) electrons. The smallest absolute Gasteiger partial charge is 0.250 e. The molecule has 3 aromatic rings. The van der Waals surface area contributed by atoms with Gasteiger partial charge in [-0.2, -0.15) is 4.98 Å². The number of aromatic nitrogens is 3. The maximum atomic E-state index is 13.6. The molecule has 2 aromatic heterocycles. The third-order valence-electron chi connectivity index (χ3n) is 6.79. The fourth-order valence-electron chi connectivity index (χ4n) is 4.78. The molecule has 11 heteroatoms. The van der Waals surface area contributed by atoms with Gasteiger partial charge in [-0.05, 0) is 44.2 Å². The highest BCUT2D eigenvalue weighted by Gasteiger charge is 2.29. The van der Waals surface area contributed by atoms with E-state index >= 15 is 0 Å². The van der Waals surface area contributed by atoms with Crippen molar-refractivity contribution >= 4 is 35.1 Å². The minimum Gasteiger partial charge on any atom is -0.377 e. The maximum absolute atomic E-state index is 13.6. The molecule has 0 spiro atoms. The Morgan fingerprint density at radius 2 is 1.86 bits per heavy atom. The summed E-state index contributed by atoms with van der Waals surface area (Å²) in [5.74, 6) is 1.20. The van der Waals surface area contributed by atoms with E-state index in [0.29, 0.717) is 56.2 Å². The second-order valence-electron chi connectivity index (χ2n) is 9.42. The average Bonchev–Trinajstić information content (AvgIpc) is 2.89. The Morgan fingerprint density at radius 3 is 2.54 bits per heavy atom. The maximum Gasteiger partial charge on any atom is 0.250 e. The predicted molar refractivity (Wildman–Crippen MR) is 142 cm³/mol. The van der Waals surface area contributed by atoms with Crippen molar-refractivity contribution in [1.29, 1.82) is 0 Å². The van der Waals surface area contributed by atoms with Crippen LogP contribution in [-0.2, 0) is 4.74 Å². The van der Waals surface area contributed by atoms with Gasteiger partial charge in [-0.15, -0.1) is 0 Å². The van der Waals surface area contributed by atoms with Crippen LogP contribution < -0.4 is 20.4 Å². The number of rotatable bonds is 5. The van der Waals surface area contributed by atoms with Crippen LogP contribution in [0.5, 0.6) is 0 Å². The van der Waals surface area contributed by atoms with Gasteiger partial charge in [0, 0.05) is 50.0 Å². The molecular formula is C26H29ClFN7O2. The zero-order valence-electron chi connectivity index (χ0n) is 20.8. The molecule has 37 heavy (non-hydrogen) atoms. The Kier molecular flexibility index (Phi) is 7.12. The van der Waals surface area contributed by atoms with Gasteiger partial charge in [-0.1, -0.05) is 11.6 Å². The standard InChI is InChI=1S/C26H29ClFN7O2/c1-16-14-33(25-21(27)11-19(13-30-25)24(29)36)7-8-34(16)23-12-22(18-3-5-20(28)6-4-18)31-26(32-23)35-9-10-37-15-17(35)2/h3-6,11-13,16-17H,7-10,14-15H2,1-2H3,(H2,29,36). The summed E-state index contributed by atoms with van der Waals surface area (Å²) in [6.45, 7) is 8.12. The number of carbonyl (C=O) groups is 1. The summed E-state index contributed by atoms with van der Waals surface area (Å²) in [6.07, 6.45) is 1.45. The van der Waals surface area contributed by atoms with Crippen molar-refractivity contribution < 1.29 is 13.9 Å². The summed E-state index contributed by atoms with van der Waals surface area (Å²) in [5.41, 5.74) is 7.19. The van der Waals surface area contributed by atoms with Gasteiger partial charge in [0.2, 0.25) is 11.9 Å². The molecule has 2 saturated heterocycles. The molecule has 4 heterocycles. The first-order chi connectivity index (χ1) is 17.8. The number of amides is 1. The molecule has 0 bridgehead atoms. The van der Waals surface area contributed by atoms with Gasteiger partial charge in [0.05, 0.1) is 35.5 Å². The lowest BCUT2D eigenvalue weighted by atomic mass is 10.1. The second kappa shape index (κ2) is 10.5. The van der Waals surface area contributed by atoms with E-state index in [0.717, 1.165) is 17.1 Å². The van der Waals surface area contributed by atoms with Crippen molar-refractivity contribution in [3.63, 3.8) is 0 Å². The van der Waals surface area contributed by atoms with Crippen molar-refractivity contribution in [3.8, 4) is 11.3 Å². The Hall–Kier alpha value is -3.50. The minimum atomic E-state index is -0.565. The van der Waals surface area contributed by atoms with E-state index in [1.807, 2.05) is 6.07 Å². The number of ether oxygens (including phenoxy) is 1. The second-order valence-corrected chi connectivity index (χ2v) is 9.82. The van der Waals surface area contributed by atoms with E-state index in [1.54, 1.807) is 18.2 Å². The Labute approximate surface area is 220 Å². The van der Waals surface area contributed by atoms with Gasteiger partial charge in [-0.25, -0.2) is 14.4 Å². The van der Waals surface area contributed by atoms with Crippen LogP contribution in [0.4, 0.5) is 22.0 Å². The zero-order chi connectivity index (χ0) is 26.1. The van der Waals surface area contributed by atoms with Gasteiger partial charge >= 0.3 is 0 Å². The number of carbonyl (C=O) groups excluding carboxylic acids is 1. The molecule has 1 amide bonds. The number of nitrogens with two attached hydrogens (primary N) is 1. The normalized spacial score (nSPS) is 20.3. The van der Waals surface area contributed by atoms with Gasteiger partial charge in [-0.3, -0.25) is 4.79 Å². The lowest BCUT2D eigenvalue weighted by molar-refractivity contribution is 0.0981. The monoisotopic (exact) mass is 525 g/mol. The number of piperazine rings is 1. The predicted octanol–water partition coefficient (Wildman–Crippen LogP) is 3.37. The molecule has 2 aliphatic rings. The van der Waals surface area contributed by atoms with E-state index in [1.165, 1.54) is 18.3 Å². The fourth-order valence-corrected chi connectivity index (χ4v) is 5.06. The molecule has 9 nitrogen and oxygen atoms in total. The van der Waals surface area contributed by atoms with Crippen LogP contribution in [0.25, 0.3) is 11.3 Å². The van der Waals surface area contributed by atoms with Crippen LogP contribution in [0.15, 0.2) is 42.6 Å². The molecule has 2 N–H and O–H groups in total. The van der Waals surface area contributed by atoms with Crippen LogP contribution >= 0.6 is 11.6 Å². The quantitative estimate of drug-likeness (QED) is 0.541. The molecule has 194 valence electrons. The molecule has 0 aliphatic carbocycles. The van der Waals surface area contributed by atoms with Crippen LogP contribution in [0.3, 0.4) is 0 Å². The first-order valence-electron chi connectivity index (χ1n) is 12.3. The van der Waals surface area contributed by atoms with Gasteiger partial charge in [0.15, 0.2) is 0 Å². The summed E-state index contributed by atoms with van der Waals surface area (Å²) in [6, 6.07) is 10.1. The van der Waals surface area contributed by atoms with Crippen molar-refractivity contribution in [2.75, 3.05) is 54.1 Å². The zero-order valence-corrected chi connectivity index (χ0v) is 21.5. The number of anilines is 3. The number of nitrogens with zero attached hydrogens (tertiary/aromatic N) is 6. The van der Waals surface area contributed by atoms with Gasteiger partial charge < -0.3 is 25.2 Å². The van der Waals surface area contributed by atoms with Gasteiger partial charge in [0.1, 0.15) is 17.5 Å². The molecule has 2 fully saturated rings. The van der Waals surface area contributed by atoms with Crippen LogP contribution in [-0.4, -0.2) is 72.3 Å². The molecular weight excluding hydrogens is 497 g/mol. The molecule has 2 unspecified atom stereocenters. The molecule has 0 saturated carbocycles. The fraction of sp³-hybridized carbons (Fsp3) is 0.385.